The summed E-state index contributed by atoms with van der Waals surface area (Å²) in [7, 11) is 2.05. The van der Waals surface area contributed by atoms with Crippen LogP contribution < -0.4 is 14.7 Å². The second kappa shape index (κ2) is 8.39. The van der Waals surface area contributed by atoms with Gasteiger partial charge < -0.3 is 14.6 Å². The van der Waals surface area contributed by atoms with Gasteiger partial charge in [-0.15, -0.1) is 0 Å². The Labute approximate surface area is 148 Å². The molecule has 0 aliphatic heterocycles. The molecule has 0 heterocycles. The molecule has 1 aromatic rings. The van der Waals surface area contributed by atoms with Gasteiger partial charge in [-0.05, 0) is 43.7 Å². The Morgan fingerprint density at radius 2 is 1.58 bits per heavy atom. The van der Waals surface area contributed by atoms with E-state index in [0.717, 1.165) is 37.2 Å². The number of methoxy groups -OCH3 is 2. The summed E-state index contributed by atoms with van der Waals surface area (Å²) >= 11 is 0. The van der Waals surface area contributed by atoms with Gasteiger partial charge in [-0.2, -0.15) is 0 Å². The van der Waals surface area contributed by atoms with E-state index in [1.807, 2.05) is 0 Å². The van der Waals surface area contributed by atoms with Crippen LogP contribution >= 0.6 is 0 Å². The van der Waals surface area contributed by atoms with Gasteiger partial charge in [-0.25, -0.2) is 0 Å². The highest BCUT2D eigenvalue weighted by atomic mass is 28.3. The van der Waals surface area contributed by atoms with Gasteiger partial charge >= 0.3 is 0 Å². The van der Waals surface area contributed by atoms with E-state index in [1.54, 1.807) is 14.2 Å². The van der Waals surface area contributed by atoms with Crippen LogP contribution in [0.2, 0.25) is 19.1 Å². The molecule has 0 bridgehead atoms. The Kier molecular flexibility index (Phi) is 6.76. The van der Waals surface area contributed by atoms with Crippen molar-refractivity contribution >= 4 is 13.3 Å². The average molecular weight is 351 g/mol. The van der Waals surface area contributed by atoms with Gasteiger partial charge in [0.05, 0.1) is 28.4 Å². The zero-order chi connectivity index (χ0) is 17.7. The number of ether oxygens (including phenoxy) is 2. The van der Waals surface area contributed by atoms with Crippen LogP contribution in [0.5, 0.6) is 11.5 Å². The summed E-state index contributed by atoms with van der Waals surface area (Å²) in [6, 6.07) is 5.83. The number of hydrogen-bond donors (Lipinski definition) is 1. The Balaban J connectivity index is 2.38. The van der Waals surface area contributed by atoms with Gasteiger partial charge in [0.15, 0.2) is 0 Å². The van der Waals surface area contributed by atoms with Crippen LogP contribution in [0.15, 0.2) is 12.1 Å². The lowest BCUT2D eigenvalue weighted by molar-refractivity contribution is 0.121. The van der Waals surface area contributed by atoms with Gasteiger partial charge in [-0.3, -0.25) is 0 Å². The van der Waals surface area contributed by atoms with Crippen molar-refractivity contribution in [3.05, 3.63) is 17.7 Å². The fraction of sp³-hybridized carbons (Fsp3) is 0.700. The van der Waals surface area contributed by atoms with Crippen LogP contribution in [0.3, 0.4) is 0 Å². The van der Waals surface area contributed by atoms with Gasteiger partial charge in [0.1, 0.15) is 11.5 Å². The number of hydrogen-bond acceptors (Lipinski definition) is 3. The Morgan fingerprint density at radius 1 is 1.04 bits per heavy atom. The largest absolute Gasteiger partial charge is 0.496 e. The number of aliphatic hydroxyl groups is 1. The predicted molar refractivity (Wildman–Crippen MR) is 104 cm³/mol. The van der Waals surface area contributed by atoms with E-state index in [4.69, 9.17) is 9.47 Å². The van der Waals surface area contributed by atoms with Crippen LogP contribution in [0.25, 0.3) is 0 Å². The molecular formula is C20H34O3Si. The fourth-order valence-corrected chi connectivity index (χ4v) is 6.43. The third kappa shape index (κ3) is 4.34. The zero-order valence-electron chi connectivity index (χ0n) is 16.0. The fourth-order valence-electron chi connectivity index (χ4n) is 3.86. The van der Waals surface area contributed by atoms with E-state index in [0.29, 0.717) is 5.92 Å². The summed E-state index contributed by atoms with van der Waals surface area (Å²) in [6.45, 7) is 7.13. The Hall–Kier alpha value is -1.00. The van der Waals surface area contributed by atoms with Crippen LogP contribution in [-0.4, -0.2) is 33.5 Å². The molecule has 0 saturated heterocycles. The smallest absolute Gasteiger partial charge is 0.125 e. The van der Waals surface area contributed by atoms with Crippen molar-refractivity contribution in [3.63, 3.8) is 0 Å². The van der Waals surface area contributed by atoms with Crippen molar-refractivity contribution in [2.24, 2.45) is 0 Å². The maximum absolute atomic E-state index is 9.80. The standard InChI is InChI=1S/C20H34O3Si/c1-6-7-12-24(4,5)17-13-18(22-2)20(19(14-17)23-3)15-8-10-16(21)11-9-15/h13-16,21H,6-12H2,1-5H3. The molecular weight excluding hydrogens is 316 g/mol. The molecule has 0 aromatic heterocycles. The van der Waals surface area contributed by atoms with E-state index >= 15 is 0 Å². The van der Waals surface area contributed by atoms with Gasteiger partial charge in [0.2, 0.25) is 0 Å². The lowest BCUT2D eigenvalue weighted by Gasteiger charge is -2.30. The maximum Gasteiger partial charge on any atom is 0.125 e. The Bertz CT molecular complexity index is 509. The lowest BCUT2D eigenvalue weighted by Crippen LogP contribution is -2.41. The molecule has 136 valence electrons. The summed E-state index contributed by atoms with van der Waals surface area (Å²) in [5, 5.41) is 11.2. The molecule has 1 aliphatic rings. The van der Waals surface area contributed by atoms with E-state index < -0.39 is 8.07 Å². The molecule has 0 spiro atoms. The van der Waals surface area contributed by atoms with Crippen molar-refractivity contribution in [3.8, 4) is 11.5 Å². The molecule has 0 radical (unpaired) electrons. The molecule has 1 saturated carbocycles. The van der Waals surface area contributed by atoms with Crippen molar-refractivity contribution < 1.29 is 14.6 Å². The molecule has 3 nitrogen and oxygen atoms in total. The van der Waals surface area contributed by atoms with E-state index in [-0.39, 0.29) is 6.10 Å². The molecule has 2 rings (SSSR count). The van der Waals surface area contributed by atoms with Gasteiger partial charge in [0.25, 0.3) is 0 Å². The molecule has 1 aliphatic carbocycles. The topological polar surface area (TPSA) is 38.7 Å². The molecule has 24 heavy (non-hydrogen) atoms. The first-order chi connectivity index (χ1) is 11.4. The first-order valence-corrected chi connectivity index (χ1v) is 12.6. The predicted octanol–water partition coefficient (Wildman–Crippen LogP) is 4.44. The summed E-state index contributed by atoms with van der Waals surface area (Å²) in [4.78, 5) is 0. The van der Waals surface area contributed by atoms with Crippen molar-refractivity contribution in [1.29, 1.82) is 0 Å². The molecule has 1 N–H and O–H groups in total. The number of aliphatic hydroxyl groups excluding tert-OH is 1. The first-order valence-electron chi connectivity index (χ1n) is 9.37. The third-order valence-corrected chi connectivity index (χ3v) is 9.04. The second-order valence-corrected chi connectivity index (χ2v) is 12.6. The van der Waals surface area contributed by atoms with E-state index in [9.17, 15) is 5.11 Å². The highest BCUT2D eigenvalue weighted by Gasteiger charge is 2.30. The minimum atomic E-state index is -1.48. The normalized spacial score (nSPS) is 21.6. The highest BCUT2D eigenvalue weighted by molar-refractivity contribution is 6.89. The maximum atomic E-state index is 9.80. The Morgan fingerprint density at radius 3 is 2.04 bits per heavy atom. The summed E-state index contributed by atoms with van der Waals surface area (Å²) in [6.07, 6.45) is 6.13. The third-order valence-electron chi connectivity index (χ3n) is 5.59. The van der Waals surface area contributed by atoms with Crippen LogP contribution in [0, 0.1) is 0 Å². The number of rotatable bonds is 7. The zero-order valence-corrected chi connectivity index (χ0v) is 17.0. The highest BCUT2D eigenvalue weighted by Crippen LogP contribution is 2.42. The SMILES string of the molecule is CCCC[Si](C)(C)c1cc(OC)c(C2CCC(O)CC2)c(OC)c1. The average Bonchev–Trinajstić information content (AvgIpc) is 2.59. The summed E-state index contributed by atoms with van der Waals surface area (Å²) in [5.41, 5.74) is 1.20. The second-order valence-electron chi connectivity index (χ2n) is 7.79. The molecule has 0 atom stereocenters. The molecule has 0 amide bonds. The van der Waals surface area contributed by atoms with Crippen LogP contribution in [0.4, 0.5) is 0 Å². The number of unbranched alkanes of at least 4 members (excludes halogenated alkanes) is 1. The molecule has 4 heteroatoms. The van der Waals surface area contributed by atoms with E-state index in [2.05, 4.69) is 32.2 Å². The summed E-state index contributed by atoms with van der Waals surface area (Å²) in [5.74, 6) is 2.37. The molecule has 0 unspecified atom stereocenters. The minimum Gasteiger partial charge on any atom is -0.496 e. The monoisotopic (exact) mass is 350 g/mol. The van der Waals surface area contributed by atoms with E-state index in [1.165, 1.54) is 29.6 Å². The van der Waals surface area contributed by atoms with Gasteiger partial charge in [-0.1, -0.05) is 44.1 Å². The van der Waals surface area contributed by atoms with Gasteiger partial charge in [0, 0.05) is 5.56 Å². The van der Waals surface area contributed by atoms with Crippen molar-refractivity contribution in [2.75, 3.05) is 14.2 Å². The quantitative estimate of drug-likeness (QED) is 0.739. The summed E-state index contributed by atoms with van der Waals surface area (Å²) < 4.78 is 11.6. The number of benzene rings is 1. The lowest BCUT2D eigenvalue weighted by atomic mass is 9.82. The van der Waals surface area contributed by atoms with Crippen molar-refractivity contribution in [2.45, 2.75) is 76.6 Å². The minimum absolute atomic E-state index is 0.141. The van der Waals surface area contributed by atoms with Crippen molar-refractivity contribution in [1.82, 2.24) is 0 Å². The molecule has 1 fully saturated rings. The van der Waals surface area contributed by atoms with Crippen LogP contribution in [0.1, 0.15) is 56.9 Å². The molecule has 1 aromatic carbocycles. The van der Waals surface area contributed by atoms with Crippen LogP contribution in [-0.2, 0) is 0 Å². The first kappa shape index (κ1) is 19.3.